The van der Waals surface area contributed by atoms with Gasteiger partial charge in [-0.05, 0) is 6.92 Å². The number of rotatable bonds is 2. The number of piperazine rings is 1. The molecule has 5 nitrogen and oxygen atoms in total. The van der Waals surface area contributed by atoms with Gasteiger partial charge in [-0.3, -0.25) is 9.59 Å². The number of carbonyl (C=O) groups is 2. The van der Waals surface area contributed by atoms with E-state index in [-0.39, 0.29) is 30.8 Å². The highest BCUT2D eigenvalue weighted by molar-refractivity contribution is 5.85. The van der Waals surface area contributed by atoms with Crippen molar-refractivity contribution in [2.45, 2.75) is 19.9 Å². The lowest BCUT2D eigenvalue weighted by Crippen LogP contribution is -2.53. The summed E-state index contributed by atoms with van der Waals surface area (Å²) in [4.78, 5) is 26.0. The van der Waals surface area contributed by atoms with Crippen LogP contribution < -0.4 is 5.32 Å². The van der Waals surface area contributed by atoms with E-state index in [1.165, 1.54) is 11.8 Å². The van der Waals surface area contributed by atoms with E-state index < -0.39 is 0 Å². The van der Waals surface area contributed by atoms with Gasteiger partial charge in [0, 0.05) is 39.6 Å². The van der Waals surface area contributed by atoms with Gasteiger partial charge in [0.15, 0.2) is 0 Å². The molecule has 1 heterocycles. The summed E-state index contributed by atoms with van der Waals surface area (Å²) >= 11 is 0. The van der Waals surface area contributed by atoms with Crippen molar-refractivity contribution in [3.05, 3.63) is 0 Å². The van der Waals surface area contributed by atoms with Crippen LogP contribution in [0.4, 0.5) is 0 Å². The zero-order chi connectivity index (χ0) is 11.4. The van der Waals surface area contributed by atoms with Crippen molar-refractivity contribution in [3.8, 4) is 0 Å². The second kappa shape index (κ2) is 6.70. The Hall–Kier alpha value is -0.810. The molecule has 1 N–H and O–H groups in total. The standard InChI is InChI=1S/C10H19N3O2.ClH/c1-8-6-13(5-4-11-8)10(15)7-12(3)9(2)14;/h8,11H,4-7H2,1-3H3;1H. The normalized spacial score (nSPS) is 19.9. The highest BCUT2D eigenvalue weighted by Gasteiger charge is 2.21. The Morgan fingerprint density at radius 1 is 1.50 bits per heavy atom. The Morgan fingerprint density at radius 3 is 2.62 bits per heavy atom. The molecule has 1 aliphatic rings. The SMILES string of the molecule is CC(=O)N(C)CC(=O)N1CCNC(C)C1.Cl. The van der Waals surface area contributed by atoms with E-state index in [2.05, 4.69) is 5.32 Å². The van der Waals surface area contributed by atoms with Gasteiger partial charge in [0.25, 0.3) is 0 Å². The first-order chi connectivity index (χ1) is 7.00. The molecule has 1 rings (SSSR count). The van der Waals surface area contributed by atoms with Gasteiger partial charge in [-0.25, -0.2) is 0 Å². The molecule has 6 heteroatoms. The first-order valence-electron chi connectivity index (χ1n) is 5.23. The van der Waals surface area contributed by atoms with Gasteiger partial charge in [-0.15, -0.1) is 12.4 Å². The van der Waals surface area contributed by atoms with Gasteiger partial charge >= 0.3 is 0 Å². The molecule has 0 aromatic rings. The summed E-state index contributed by atoms with van der Waals surface area (Å²) in [6.07, 6.45) is 0. The van der Waals surface area contributed by atoms with Crippen LogP contribution >= 0.6 is 12.4 Å². The van der Waals surface area contributed by atoms with Crippen LogP contribution in [0.3, 0.4) is 0 Å². The number of nitrogens with zero attached hydrogens (tertiary/aromatic N) is 2. The van der Waals surface area contributed by atoms with Crippen molar-refractivity contribution in [3.63, 3.8) is 0 Å². The minimum atomic E-state index is -0.0773. The zero-order valence-electron chi connectivity index (χ0n) is 10.0. The van der Waals surface area contributed by atoms with Crippen LogP contribution in [0.15, 0.2) is 0 Å². The molecule has 0 bridgehead atoms. The topological polar surface area (TPSA) is 52.7 Å². The lowest BCUT2D eigenvalue weighted by molar-refractivity contribution is -0.139. The first-order valence-corrected chi connectivity index (χ1v) is 5.23. The van der Waals surface area contributed by atoms with Gasteiger partial charge in [0.1, 0.15) is 0 Å². The van der Waals surface area contributed by atoms with Crippen LogP contribution in [-0.4, -0.2) is 60.9 Å². The minimum absolute atomic E-state index is 0. The molecule has 1 saturated heterocycles. The predicted molar refractivity (Wildman–Crippen MR) is 64.6 cm³/mol. The lowest BCUT2D eigenvalue weighted by atomic mass is 10.2. The number of hydrogen-bond donors (Lipinski definition) is 1. The van der Waals surface area contributed by atoms with Crippen LogP contribution in [-0.2, 0) is 9.59 Å². The van der Waals surface area contributed by atoms with Crippen molar-refractivity contribution >= 4 is 24.2 Å². The van der Waals surface area contributed by atoms with Gasteiger partial charge in [-0.1, -0.05) is 0 Å². The molecule has 0 spiro atoms. The lowest BCUT2D eigenvalue weighted by Gasteiger charge is -2.32. The summed E-state index contributed by atoms with van der Waals surface area (Å²) in [6.45, 7) is 5.99. The van der Waals surface area contributed by atoms with Crippen LogP contribution in [0.1, 0.15) is 13.8 Å². The highest BCUT2D eigenvalue weighted by Crippen LogP contribution is 2.00. The van der Waals surface area contributed by atoms with Crippen molar-refractivity contribution < 1.29 is 9.59 Å². The predicted octanol–water partition coefficient (Wildman–Crippen LogP) is -0.293. The van der Waals surface area contributed by atoms with E-state index in [1.807, 2.05) is 6.92 Å². The van der Waals surface area contributed by atoms with E-state index in [0.717, 1.165) is 19.6 Å². The average Bonchev–Trinajstić information content (AvgIpc) is 2.17. The first kappa shape index (κ1) is 15.2. The van der Waals surface area contributed by atoms with Gasteiger partial charge in [0.2, 0.25) is 11.8 Å². The zero-order valence-corrected chi connectivity index (χ0v) is 10.8. The molecule has 0 aromatic carbocycles. The molecule has 1 unspecified atom stereocenters. The fraction of sp³-hybridized carbons (Fsp3) is 0.800. The van der Waals surface area contributed by atoms with Gasteiger partial charge in [0.05, 0.1) is 6.54 Å². The molecule has 0 aromatic heterocycles. The quantitative estimate of drug-likeness (QED) is 0.732. The summed E-state index contributed by atoms with van der Waals surface area (Å²) in [5.41, 5.74) is 0. The monoisotopic (exact) mass is 249 g/mol. The number of amides is 2. The molecule has 16 heavy (non-hydrogen) atoms. The van der Waals surface area contributed by atoms with Crippen molar-refractivity contribution in [2.75, 3.05) is 33.2 Å². The summed E-state index contributed by atoms with van der Waals surface area (Å²) < 4.78 is 0. The summed E-state index contributed by atoms with van der Waals surface area (Å²) in [5, 5.41) is 3.27. The molecule has 0 aliphatic carbocycles. The number of likely N-dealkylation sites (N-methyl/N-ethyl adjacent to an activating group) is 1. The largest absolute Gasteiger partial charge is 0.338 e. The van der Waals surface area contributed by atoms with E-state index >= 15 is 0 Å². The third-order valence-electron chi connectivity index (χ3n) is 2.63. The fourth-order valence-electron chi connectivity index (χ4n) is 1.57. The minimum Gasteiger partial charge on any atom is -0.338 e. The summed E-state index contributed by atoms with van der Waals surface area (Å²) in [6, 6.07) is 0.338. The van der Waals surface area contributed by atoms with E-state index in [9.17, 15) is 9.59 Å². The Kier molecular flexibility index (Phi) is 6.36. The molecular weight excluding hydrogens is 230 g/mol. The summed E-state index contributed by atoms with van der Waals surface area (Å²) in [7, 11) is 1.64. The maximum Gasteiger partial charge on any atom is 0.242 e. The Bertz CT molecular complexity index is 260. The smallest absolute Gasteiger partial charge is 0.242 e. The number of hydrogen-bond acceptors (Lipinski definition) is 3. The Morgan fingerprint density at radius 2 is 2.12 bits per heavy atom. The number of nitrogens with one attached hydrogen (secondary N) is 1. The molecule has 1 aliphatic heterocycles. The molecule has 94 valence electrons. The second-order valence-corrected chi connectivity index (χ2v) is 4.07. The van der Waals surface area contributed by atoms with Crippen LogP contribution in [0.2, 0.25) is 0 Å². The third-order valence-corrected chi connectivity index (χ3v) is 2.63. The third kappa shape index (κ3) is 4.37. The molecule has 0 radical (unpaired) electrons. The summed E-state index contributed by atoms with van der Waals surface area (Å²) in [5.74, 6) is -0.0485. The second-order valence-electron chi connectivity index (χ2n) is 4.07. The van der Waals surface area contributed by atoms with Crippen molar-refractivity contribution in [1.29, 1.82) is 0 Å². The molecule has 1 fully saturated rings. The van der Waals surface area contributed by atoms with Crippen molar-refractivity contribution in [1.82, 2.24) is 15.1 Å². The van der Waals surface area contributed by atoms with E-state index in [4.69, 9.17) is 0 Å². The molecule has 2 amide bonds. The average molecular weight is 250 g/mol. The maximum absolute atomic E-state index is 11.8. The Balaban J connectivity index is 0.00000225. The van der Waals surface area contributed by atoms with Gasteiger partial charge < -0.3 is 15.1 Å². The highest BCUT2D eigenvalue weighted by atomic mass is 35.5. The molecule has 0 saturated carbocycles. The van der Waals surface area contributed by atoms with Crippen LogP contribution in [0.25, 0.3) is 0 Å². The van der Waals surface area contributed by atoms with Crippen LogP contribution in [0, 0.1) is 0 Å². The molecular formula is C10H20ClN3O2. The van der Waals surface area contributed by atoms with Crippen molar-refractivity contribution in [2.24, 2.45) is 0 Å². The number of halogens is 1. The van der Waals surface area contributed by atoms with E-state index in [1.54, 1.807) is 11.9 Å². The maximum atomic E-state index is 11.8. The fourth-order valence-corrected chi connectivity index (χ4v) is 1.57. The van der Waals surface area contributed by atoms with Crippen LogP contribution in [0.5, 0.6) is 0 Å². The molecule has 1 atom stereocenters. The Labute approximate surface area is 103 Å². The van der Waals surface area contributed by atoms with E-state index in [0.29, 0.717) is 6.04 Å². The number of carbonyl (C=O) groups excluding carboxylic acids is 2. The van der Waals surface area contributed by atoms with Gasteiger partial charge in [-0.2, -0.15) is 0 Å².